The van der Waals surface area contributed by atoms with Crippen LogP contribution in [-0.4, -0.2) is 68.8 Å². The summed E-state index contributed by atoms with van der Waals surface area (Å²) < 4.78 is 0. The summed E-state index contributed by atoms with van der Waals surface area (Å²) in [7, 11) is 0. The van der Waals surface area contributed by atoms with Crippen LogP contribution in [0.2, 0.25) is 0 Å². The fourth-order valence-electron chi connectivity index (χ4n) is 5.82. The molecule has 0 aliphatic carbocycles. The molecule has 208 valence electrons. The quantitative estimate of drug-likeness (QED) is 0.371. The van der Waals surface area contributed by atoms with Gasteiger partial charge in [0.05, 0.1) is 23.2 Å². The summed E-state index contributed by atoms with van der Waals surface area (Å²) >= 11 is 0. The van der Waals surface area contributed by atoms with E-state index >= 15 is 0 Å². The third-order valence-corrected chi connectivity index (χ3v) is 7.79. The molecule has 1 aromatic heterocycles. The largest absolute Gasteiger partial charge is 0.480 e. The smallest absolute Gasteiger partial charge is 0.320 e. The fourth-order valence-corrected chi connectivity index (χ4v) is 5.82. The van der Waals surface area contributed by atoms with E-state index < -0.39 is 29.9 Å². The highest BCUT2D eigenvalue weighted by Gasteiger charge is 2.39. The molecule has 3 amide bonds. The van der Waals surface area contributed by atoms with E-state index in [0.717, 1.165) is 34.1 Å². The van der Waals surface area contributed by atoms with Crippen molar-refractivity contribution >= 4 is 34.5 Å². The van der Waals surface area contributed by atoms with E-state index in [9.17, 15) is 24.3 Å². The summed E-state index contributed by atoms with van der Waals surface area (Å²) in [6.07, 6.45) is 5.58. The zero-order valence-electron chi connectivity index (χ0n) is 22.7. The summed E-state index contributed by atoms with van der Waals surface area (Å²) in [6, 6.07) is 12.8. The molecule has 3 heterocycles. The number of aliphatic carboxylic acids is 1. The molecule has 3 aromatic rings. The van der Waals surface area contributed by atoms with E-state index in [0.29, 0.717) is 24.1 Å². The van der Waals surface area contributed by atoms with Crippen LogP contribution in [0.1, 0.15) is 71.9 Å². The fraction of sp³-hybridized carbons (Fsp3) is 0.387. The highest BCUT2D eigenvalue weighted by atomic mass is 16.4. The number of aromatic nitrogens is 1. The van der Waals surface area contributed by atoms with Crippen molar-refractivity contribution in [1.82, 2.24) is 20.1 Å². The lowest BCUT2D eigenvalue weighted by Gasteiger charge is -2.32. The Morgan fingerprint density at radius 2 is 1.70 bits per heavy atom. The molecule has 0 spiro atoms. The van der Waals surface area contributed by atoms with Gasteiger partial charge in [0.2, 0.25) is 5.91 Å². The number of hydrogen-bond acceptors (Lipinski definition) is 6. The van der Waals surface area contributed by atoms with Gasteiger partial charge in [-0.15, -0.1) is 0 Å². The first kappa shape index (κ1) is 27.5. The predicted molar refractivity (Wildman–Crippen MR) is 150 cm³/mol. The number of amides is 3. The van der Waals surface area contributed by atoms with E-state index in [1.165, 1.54) is 0 Å². The van der Waals surface area contributed by atoms with Gasteiger partial charge >= 0.3 is 5.97 Å². The van der Waals surface area contributed by atoms with E-state index in [4.69, 9.17) is 0 Å². The molecule has 9 nitrogen and oxygen atoms in total. The highest BCUT2D eigenvalue weighted by Crippen LogP contribution is 2.33. The van der Waals surface area contributed by atoms with Crippen molar-refractivity contribution in [2.24, 2.45) is 5.92 Å². The summed E-state index contributed by atoms with van der Waals surface area (Å²) in [6.45, 7) is 4.50. The number of carbonyl (C=O) groups is 4. The number of benzene rings is 2. The monoisotopic (exact) mass is 542 g/mol. The second kappa shape index (κ2) is 11.6. The van der Waals surface area contributed by atoms with Gasteiger partial charge in [0.15, 0.2) is 0 Å². The van der Waals surface area contributed by atoms with Gasteiger partial charge in [0.25, 0.3) is 11.8 Å². The molecular weight excluding hydrogens is 508 g/mol. The molecule has 5 rings (SSSR count). The van der Waals surface area contributed by atoms with Gasteiger partial charge in [0.1, 0.15) is 6.04 Å². The van der Waals surface area contributed by atoms with Crippen molar-refractivity contribution in [1.29, 1.82) is 0 Å². The normalized spacial score (nSPS) is 18.4. The van der Waals surface area contributed by atoms with Crippen LogP contribution < -0.4 is 5.32 Å². The number of carboxylic acid groups (broad SMARTS) is 1. The lowest BCUT2D eigenvalue weighted by molar-refractivity contribution is -0.141. The van der Waals surface area contributed by atoms with E-state index in [1.807, 2.05) is 55.1 Å². The molecule has 40 heavy (non-hydrogen) atoms. The number of hydrogen-bond donors (Lipinski definition) is 2. The number of likely N-dealkylation sites (tertiary alicyclic amines) is 1. The minimum absolute atomic E-state index is 0.0196. The minimum Gasteiger partial charge on any atom is -0.480 e. The Morgan fingerprint density at radius 1 is 1.02 bits per heavy atom. The van der Waals surface area contributed by atoms with Crippen LogP contribution in [-0.2, 0) is 9.59 Å². The van der Waals surface area contributed by atoms with Crippen molar-refractivity contribution in [2.45, 2.75) is 57.7 Å². The molecular formula is C31H34N4O5. The Labute approximate surface area is 233 Å². The van der Waals surface area contributed by atoms with Crippen LogP contribution in [0.5, 0.6) is 0 Å². The van der Waals surface area contributed by atoms with Crippen LogP contribution in [0.4, 0.5) is 0 Å². The Bertz CT molecular complexity index is 1390. The lowest BCUT2D eigenvalue weighted by atomic mass is 9.99. The first-order chi connectivity index (χ1) is 19.2. The number of imide groups is 1. The summed E-state index contributed by atoms with van der Waals surface area (Å²) in [5, 5.41) is 14.9. The number of nitrogens with zero attached hydrogens (tertiary/aromatic N) is 3. The maximum Gasteiger partial charge on any atom is 0.320 e. The zero-order valence-corrected chi connectivity index (χ0v) is 22.7. The molecule has 9 heteroatoms. The zero-order chi connectivity index (χ0) is 28.4. The SMILES string of the molecule is CC(C)C[C@@H](NC(CCN1C(=O)c2cc3ccccc3cc2C1=O)C(=O)O)C(=O)N1CCC[C@H]1c1cccnc1. The van der Waals surface area contributed by atoms with Crippen molar-refractivity contribution in [3.05, 3.63) is 77.6 Å². The van der Waals surface area contributed by atoms with Crippen LogP contribution >= 0.6 is 0 Å². The van der Waals surface area contributed by atoms with Gasteiger partial charge in [-0.1, -0.05) is 44.2 Å². The first-order valence-corrected chi connectivity index (χ1v) is 13.8. The molecule has 2 aromatic carbocycles. The highest BCUT2D eigenvalue weighted by molar-refractivity contribution is 6.23. The maximum absolute atomic E-state index is 13.8. The van der Waals surface area contributed by atoms with Crippen molar-refractivity contribution < 1.29 is 24.3 Å². The maximum atomic E-state index is 13.8. The molecule has 2 N–H and O–H groups in total. The third-order valence-electron chi connectivity index (χ3n) is 7.79. The molecule has 0 bridgehead atoms. The van der Waals surface area contributed by atoms with Gasteiger partial charge in [-0.25, -0.2) is 0 Å². The molecule has 1 unspecified atom stereocenters. The Balaban J connectivity index is 1.31. The average molecular weight is 543 g/mol. The molecule has 3 atom stereocenters. The van der Waals surface area contributed by atoms with Crippen molar-refractivity contribution in [3.63, 3.8) is 0 Å². The number of carbonyl (C=O) groups excluding carboxylic acids is 3. The first-order valence-electron chi connectivity index (χ1n) is 13.8. The molecule has 0 saturated carbocycles. The average Bonchev–Trinajstić information content (AvgIpc) is 3.52. The van der Waals surface area contributed by atoms with Crippen LogP contribution in [0.15, 0.2) is 60.9 Å². The number of nitrogens with one attached hydrogen (secondary N) is 1. The molecule has 0 radical (unpaired) electrons. The standard InChI is InChI=1S/C31H34N4O5/c1-19(2)15-26(30(38)34-13-6-10-27(34)22-9-5-12-32-18-22)33-25(31(39)40)11-14-35-28(36)23-16-20-7-3-4-8-21(20)17-24(23)29(35)37/h3-5,7-9,12,16-19,25-27,33H,6,10-11,13-15H2,1-2H3,(H,39,40)/t25?,26-,27+/m1/s1. The van der Waals surface area contributed by atoms with Gasteiger partial charge in [-0.05, 0) is 66.1 Å². The number of rotatable bonds is 10. The van der Waals surface area contributed by atoms with Gasteiger partial charge in [-0.2, -0.15) is 0 Å². The summed E-state index contributed by atoms with van der Waals surface area (Å²) in [5.41, 5.74) is 1.61. The van der Waals surface area contributed by atoms with Crippen LogP contribution in [0.25, 0.3) is 10.8 Å². The Kier molecular flexibility index (Phi) is 7.93. The Morgan fingerprint density at radius 3 is 2.27 bits per heavy atom. The predicted octanol–water partition coefficient (Wildman–Crippen LogP) is 4.04. The van der Waals surface area contributed by atoms with Gasteiger partial charge in [0, 0.05) is 25.5 Å². The summed E-state index contributed by atoms with van der Waals surface area (Å²) in [5.74, 6) is -1.99. The minimum atomic E-state index is -1.13. The summed E-state index contributed by atoms with van der Waals surface area (Å²) in [4.78, 5) is 59.5. The number of carboxylic acids is 1. The van der Waals surface area contributed by atoms with Crippen LogP contribution in [0.3, 0.4) is 0 Å². The van der Waals surface area contributed by atoms with Crippen LogP contribution in [0, 0.1) is 5.92 Å². The van der Waals surface area contributed by atoms with Crippen molar-refractivity contribution in [2.75, 3.05) is 13.1 Å². The molecule has 2 aliphatic rings. The number of pyridine rings is 1. The topological polar surface area (TPSA) is 120 Å². The third kappa shape index (κ3) is 5.47. The molecule has 1 fully saturated rings. The van der Waals surface area contributed by atoms with Gasteiger partial charge in [-0.3, -0.25) is 34.4 Å². The Hall–Kier alpha value is -4.11. The molecule has 1 saturated heterocycles. The van der Waals surface area contributed by atoms with E-state index in [2.05, 4.69) is 10.3 Å². The lowest BCUT2D eigenvalue weighted by Crippen LogP contribution is -2.53. The van der Waals surface area contributed by atoms with Gasteiger partial charge < -0.3 is 10.0 Å². The van der Waals surface area contributed by atoms with E-state index in [1.54, 1.807) is 24.5 Å². The second-order valence-electron chi connectivity index (χ2n) is 11.0. The molecule has 2 aliphatic heterocycles. The second-order valence-corrected chi connectivity index (χ2v) is 11.0. The van der Waals surface area contributed by atoms with Crippen molar-refractivity contribution in [3.8, 4) is 0 Å². The number of fused-ring (bicyclic) bond motifs is 2. The van der Waals surface area contributed by atoms with E-state index in [-0.39, 0.29) is 30.8 Å².